The van der Waals surface area contributed by atoms with Crippen LogP contribution in [-0.4, -0.2) is 59.8 Å². The number of nitrogens with zero attached hydrogens (tertiary/aromatic N) is 4. The first-order valence-electron chi connectivity index (χ1n) is 11.7. The zero-order valence-electron chi connectivity index (χ0n) is 19.8. The largest absolute Gasteiger partial charge is 0.497 e. The summed E-state index contributed by atoms with van der Waals surface area (Å²) in [7, 11) is 1.63. The van der Waals surface area contributed by atoms with Gasteiger partial charge in [0, 0.05) is 48.5 Å². The van der Waals surface area contributed by atoms with Crippen molar-refractivity contribution >= 4 is 28.8 Å². The number of aliphatic imine (C=N–C) groups is 1. The Balaban J connectivity index is 1.36. The molecule has 0 aliphatic carbocycles. The number of hydrogen-bond donors (Lipinski definition) is 0. The number of thiazole rings is 1. The van der Waals surface area contributed by atoms with Crippen LogP contribution in [0.4, 0.5) is 4.39 Å². The lowest BCUT2D eigenvalue weighted by Crippen LogP contribution is -2.45. The Morgan fingerprint density at radius 3 is 2.51 bits per heavy atom. The number of fused-ring (bicyclic) bond motifs is 1. The maximum absolute atomic E-state index is 13.6. The number of amidine groups is 1. The van der Waals surface area contributed by atoms with Gasteiger partial charge in [0.2, 0.25) is 5.91 Å². The Bertz CT molecular complexity index is 1260. The number of benzene rings is 2. The summed E-state index contributed by atoms with van der Waals surface area (Å²) in [5, 5.41) is 1.09. The van der Waals surface area contributed by atoms with Crippen LogP contribution in [0, 0.1) is 12.7 Å². The van der Waals surface area contributed by atoms with E-state index < -0.39 is 0 Å². The molecule has 0 spiro atoms. The van der Waals surface area contributed by atoms with Crippen molar-refractivity contribution < 1.29 is 13.9 Å². The molecule has 3 heterocycles. The van der Waals surface area contributed by atoms with Crippen molar-refractivity contribution in [2.45, 2.75) is 19.8 Å². The third kappa shape index (κ3) is 5.12. The van der Waals surface area contributed by atoms with E-state index in [4.69, 9.17) is 9.73 Å². The van der Waals surface area contributed by atoms with Crippen LogP contribution < -0.4 is 4.74 Å². The molecule has 0 N–H and O–H groups in total. The monoisotopic (exact) mass is 490 g/mol. The minimum absolute atomic E-state index is 0.0629. The van der Waals surface area contributed by atoms with E-state index in [1.165, 1.54) is 17.0 Å². The molecule has 0 unspecified atom stereocenters. The Labute approximate surface area is 208 Å². The molecule has 0 saturated heterocycles. The fraction of sp³-hybridized carbons (Fsp3) is 0.296. The molecule has 35 heavy (non-hydrogen) atoms. The van der Waals surface area contributed by atoms with E-state index >= 15 is 0 Å². The van der Waals surface area contributed by atoms with E-state index in [-0.39, 0.29) is 18.3 Å². The first-order valence-corrected chi connectivity index (χ1v) is 12.5. The predicted molar refractivity (Wildman–Crippen MR) is 136 cm³/mol. The van der Waals surface area contributed by atoms with Crippen molar-refractivity contribution in [3.8, 4) is 5.75 Å². The second-order valence-electron chi connectivity index (χ2n) is 8.62. The van der Waals surface area contributed by atoms with E-state index in [2.05, 4.69) is 4.98 Å². The summed E-state index contributed by atoms with van der Waals surface area (Å²) >= 11 is 1.73. The van der Waals surface area contributed by atoms with Crippen molar-refractivity contribution in [3.05, 3.63) is 87.1 Å². The van der Waals surface area contributed by atoms with Gasteiger partial charge in [0.15, 0.2) is 0 Å². The highest BCUT2D eigenvalue weighted by atomic mass is 32.1. The molecule has 0 fully saturated rings. The lowest BCUT2D eigenvalue weighted by Gasteiger charge is -2.31. The standard InChI is InChI=1S/C27H27FN4O2S/c1-18-29-24-12-14-31(16-13-25(24)35-18)26(33)17-32-15-11-23(19-5-9-22(34-2)10-6-19)30-27(32)20-3-7-21(28)8-4-20/h3-11H,12-17H2,1-2H3. The molecule has 1 aromatic heterocycles. The number of halogens is 1. The Morgan fingerprint density at radius 1 is 1.06 bits per heavy atom. The van der Waals surface area contributed by atoms with Gasteiger partial charge in [-0.2, -0.15) is 0 Å². The molecule has 2 aliphatic rings. The number of rotatable bonds is 5. The SMILES string of the molecule is COc1ccc(C2=CCN(CC(=O)N3CCc4nc(C)sc4CC3)C(c3ccc(F)cc3)=N2)cc1. The van der Waals surface area contributed by atoms with Crippen LogP contribution in [0.15, 0.2) is 59.6 Å². The molecule has 3 aromatic rings. The average Bonchev–Trinajstić information content (AvgIpc) is 3.12. The number of hydrogen-bond acceptors (Lipinski definition) is 6. The minimum atomic E-state index is -0.306. The third-order valence-electron chi connectivity index (χ3n) is 6.31. The van der Waals surface area contributed by atoms with Crippen molar-refractivity contribution in [1.82, 2.24) is 14.8 Å². The lowest BCUT2D eigenvalue weighted by molar-refractivity contribution is -0.131. The molecular weight excluding hydrogens is 463 g/mol. The summed E-state index contributed by atoms with van der Waals surface area (Å²) in [5.41, 5.74) is 3.67. The van der Waals surface area contributed by atoms with Crippen LogP contribution in [0.2, 0.25) is 0 Å². The highest BCUT2D eigenvalue weighted by Gasteiger charge is 2.26. The maximum Gasteiger partial charge on any atom is 0.242 e. The molecule has 180 valence electrons. The zero-order valence-corrected chi connectivity index (χ0v) is 20.6. The highest BCUT2D eigenvalue weighted by molar-refractivity contribution is 7.11. The van der Waals surface area contributed by atoms with Crippen molar-refractivity contribution in [1.29, 1.82) is 0 Å². The fourth-order valence-corrected chi connectivity index (χ4v) is 5.42. The van der Waals surface area contributed by atoms with Crippen LogP contribution in [0.5, 0.6) is 5.75 Å². The molecule has 0 saturated carbocycles. The summed E-state index contributed by atoms with van der Waals surface area (Å²) < 4.78 is 18.9. The van der Waals surface area contributed by atoms with Gasteiger partial charge >= 0.3 is 0 Å². The molecule has 0 radical (unpaired) electrons. The number of amides is 1. The highest BCUT2D eigenvalue weighted by Crippen LogP contribution is 2.26. The molecule has 8 heteroatoms. The van der Waals surface area contributed by atoms with Gasteiger partial charge in [-0.15, -0.1) is 11.3 Å². The first-order chi connectivity index (χ1) is 17.0. The third-order valence-corrected chi connectivity index (χ3v) is 7.38. The van der Waals surface area contributed by atoms with Crippen molar-refractivity contribution in [3.63, 3.8) is 0 Å². The normalized spacial score (nSPS) is 15.7. The quantitative estimate of drug-likeness (QED) is 0.534. The number of carbonyl (C=O) groups is 1. The Morgan fingerprint density at radius 2 is 1.77 bits per heavy atom. The van der Waals surface area contributed by atoms with Crippen molar-refractivity contribution in [2.75, 3.05) is 33.3 Å². The van der Waals surface area contributed by atoms with Crippen LogP contribution in [-0.2, 0) is 17.6 Å². The molecule has 6 nitrogen and oxygen atoms in total. The molecule has 1 amide bonds. The number of carbonyl (C=O) groups excluding carboxylic acids is 1. The van der Waals surface area contributed by atoms with E-state index in [1.54, 1.807) is 30.6 Å². The summed E-state index contributed by atoms with van der Waals surface area (Å²) in [5.74, 6) is 1.20. The van der Waals surface area contributed by atoms with Gasteiger partial charge in [-0.25, -0.2) is 14.4 Å². The molecular formula is C27H27FN4O2S. The Kier molecular flexibility index (Phi) is 6.63. The molecule has 5 rings (SSSR count). The number of ether oxygens (including phenoxy) is 1. The maximum atomic E-state index is 13.6. The molecule has 2 aliphatic heterocycles. The van der Waals surface area contributed by atoms with Crippen LogP contribution in [0.25, 0.3) is 5.70 Å². The van der Waals surface area contributed by atoms with Gasteiger partial charge in [0.25, 0.3) is 0 Å². The van der Waals surface area contributed by atoms with Gasteiger partial charge < -0.3 is 14.5 Å². The summed E-state index contributed by atoms with van der Waals surface area (Å²) in [6, 6.07) is 14.0. The van der Waals surface area contributed by atoms with Crippen molar-refractivity contribution in [2.24, 2.45) is 4.99 Å². The lowest BCUT2D eigenvalue weighted by atomic mass is 10.1. The van der Waals surface area contributed by atoms with Gasteiger partial charge in [-0.3, -0.25) is 4.79 Å². The summed E-state index contributed by atoms with van der Waals surface area (Å²) in [6.45, 7) is 4.13. The van der Waals surface area contributed by atoms with Gasteiger partial charge in [-0.1, -0.05) is 0 Å². The van der Waals surface area contributed by atoms with Crippen LogP contribution >= 0.6 is 11.3 Å². The van der Waals surface area contributed by atoms with Crippen LogP contribution in [0.1, 0.15) is 26.7 Å². The van der Waals surface area contributed by atoms with E-state index in [0.717, 1.165) is 46.1 Å². The van der Waals surface area contributed by atoms with Gasteiger partial charge in [0.05, 0.1) is 30.1 Å². The van der Waals surface area contributed by atoms with E-state index in [0.29, 0.717) is 25.5 Å². The number of methoxy groups -OCH3 is 1. The Hall–Kier alpha value is -3.52. The number of aromatic nitrogens is 1. The smallest absolute Gasteiger partial charge is 0.242 e. The second kappa shape index (κ2) is 10.00. The average molecular weight is 491 g/mol. The first kappa shape index (κ1) is 23.2. The van der Waals surface area contributed by atoms with E-state index in [9.17, 15) is 9.18 Å². The molecule has 0 atom stereocenters. The molecule has 2 aromatic carbocycles. The van der Waals surface area contributed by atoms with Gasteiger partial charge in [0.1, 0.15) is 17.4 Å². The zero-order chi connectivity index (χ0) is 24.4. The minimum Gasteiger partial charge on any atom is -0.497 e. The summed E-state index contributed by atoms with van der Waals surface area (Å²) in [4.78, 5) is 28.0. The number of aryl methyl sites for hydroxylation is 1. The van der Waals surface area contributed by atoms with E-state index in [1.807, 2.05) is 47.1 Å². The van der Waals surface area contributed by atoms with Crippen LogP contribution in [0.3, 0.4) is 0 Å². The molecule has 0 bridgehead atoms. The summed E-state index contributed by atoms with van der Waals surface area (Å²) in [6.07, 6.45) is 3.65. The van der Waals surface area contributed by atoms with Gasteiger partial charge in [-0.05, 0) is 61.5 Å². The topological polar surface area (TPSA) is 58.0 Å². The second-order valence-corrected chi connectivity index (χ2v) is 9.91. The fourth-order valence-electron chi connectivity index (χ4n) is 4.45. The predicted octanol–water partition coefficient (Wildman–Crippen LogP) is 4.33.